The van der Waals surface area contributed by atoms with Gasteiger partial charge in [-0.25, -0.2) is 9.37 Å². The average molecular weight is 345 g/mol. The quantitative estimate of drug-likeness (QED) is 0.834. The molecule has 0 spiro atoms. The van der Waals surface area contributed by atoms with Gasteiger partial charge in [-0.05, 0) is 23.6 Å². The molecule has 2 aliphatic rings. The molecule has 3 N–H and O–H groups in total. The van der Waals surface area contributed by atoms with Crippen LogP contribution in [0.15, 0.2) is 24.4 Å². The van der Waals surface area contributed by atoms with E-state index in [4.69, 9.17) is 15.2 Å². The van der Waals surface area contributed by atoms with E-state index in [9.17, 15) is 14.0 Å². The molecular weight excluding hydrogens is 329 g/mol. The maximum atomic E-state index is 13.5. The van der Waals surface area contributed by atoms with Gasteiger partial charge in [0.2, 0.25) is 11.8 Å². The lowest BCUT2D eigenvalue weighted by Crippen LogP contribution is -2.37. The summed E-state index contributed by atoms with van der Waals surface area (Å²) in [6, 6.07) is 4.59. The van der Waals surface area contributed by atoms with Gasteiger partial charge in [0.05, 0.1) is 24.6 Å². The lowest BCUT2D eigenvalue weighted by atomic mass is 10.1. The summed E-state index contributed by atoms with van der Waals surface area (Å²) in [6.07, 6.45) is 0.459. The minimum atomic E-state index is -1.08. The highest BCUT2D eigenvalue weighted by Crippen LogP contribution is 2.49. The number of carbonyl (C=O) groups is 2. The minimum absolute atomic E-state index is 0.124. The van der Waals surface area contributed by atoms with Gasteiger partial charge in [0.1, 0.15) is 18.5 Å². The molecule has 1 aliphatic carbocycles. The number of nitrogens with zero attached hydrogens (tertiary/aromatic N) is 1. The average Bonchev–Trinajstić information content (AvgIpc) is 3.15. The molecule has 1 aliphatic heterocycles. The molecule has 2 fully saturated rings. The fourth-order valence-corrected chi connectivity index (χ4v) is 3.43. The Kier molecular flexibility index (Phi) is 3.48. The Hall–Kier alpha value is -2.90. The van der Waals surface area contributed by atoms with E-state index >= 15 is 0 Å². The van der Waals surface area contributed by atoms with Gasteiger partial charge >= 0.3 is 0 Å². The van der Waals surface area contributed by atoms with Gasteiger partial charge in [-0.1, -0.05) is 0 Å². The zero-order valence-corrected chi connectivity index (χ0v) is 13.4. The molecule has 1 unspecified atom stereocenters. The van der Waals surface area contributed by atoms with Crippen molar-refractivity contribution in [2.45, 2.75) is 12.2 Å². The lowest BCUT2D eigenvalue weighted by Gasteiger charge is -2.16. The number of aromatic nitrogens is 1. The molecule has 1 aromatic heterocycles. The number of piperidine rings is 1. The van der Waals surface area contributed by atoms with E-state index in [1.54, 1.807) is 24.4 Å². The molecule has 2 heterocycles. The molecule has 2 amide bonds. The molecular formula is C17H16FN3O4. The first-order chi connectivity index (χ1) is 12.0. The number of methoxy groups -OCH3 is 1. The summed E-state index contributed by atoms with van der Waals surface area (Å²) in [5, 5.41) is 4.08. The van der Waals surface area contributed by atoms with Crippen molar-refractivity contribution in [1.29, 1.82) is 0 Å². The number of hydrogen-bond acceptors (Lipinski definition) is 5. The van der Waals surface area contributed by atoms with Crippen LogP contribution < -0.4 is 20.5 Å². The molecule has 130 valence electrons. The van der Waals surface area contributed by atoms with Crippen LogP contribution in [0.3, 0.4) is 0 Å². The number of fused-ring (bicyclic) bond motifs is 2. The Morgan fingerprint density at radius 2 is 2.24 bits per heavy atom. The summed E-state index contributed by atoms with van der Waals surface area (Å²) in [7, 11) is 1.44. The summed E-state index contributed by atoms with van der Waals surface area (Å²) in [6.45, 7) is 0.124. The first-order valence-electron chi connectivity index (χ1n) is 7.85. The maximum absolute atomic E-state index is 13.5. The predicted molar refractivity (Wildman–Crippen MR) is 86.1 cm³/mol. The fourth-order valence-electron chi connectivity index (χ4n) is 3.43. The summed E-state index contributed by atoms with van der Waals surface area (Å²) in [5.41, 5.74) is 5.63. The fraction of sp³-hybridized carbons (Fsp3) is 0.353. The number of alkyl halides is 1. The number of amides is 2. The van der Waals surface area contributed by atoms with Crippen molar-refractivity contribution in [1.82, 2.24) is 10.3 Å². The summed E-state index contributed by atoms with van der Waals surface area (Å²) in [5.74, 6) is -1.07. The molecule has 0 bridgehead atoms. The normalized spacial score (nSPS) is 26.9. The highest BCUT2D eigenvalue weighted by Gasteiger charge is 2.64. The molecule has 0 radical (unpaired) electrons. The number of primary amides is 1. The third kappa shape index (κ3) is 2.45. The second-order valence-corrected chi connectivity index (χ2v) is 6.23. The Morgan fingerprint density at radius 3 is 2.88 bits per heavy atom. The number of halogens is 1. The molecule has 1 saturated carbocycles. The van der Waals surface area contributed by atoms with Gasteiger partial charge in [-0.3, -0.25) is 9.59 Å². The van der Waals surface area contributed by atoms with Crippen molar-refractivity contribution in [3.05, 3.63) is 30.0 Å². The minimum Gasteiger partial charge on any atom is -0.496 e. The van der Waals surface area contributed by atoms with Crippen LogP contribution in [0.5, 0.6) is 11.6 Å². The van der Waals surface area contributed by atoms with Gasteiger partial charge < -0.3 is 20.5 Å². The predicted octanol–water partition coefficient (Wildman–Crippen LogP) is 0.804. The van der Waals surface area contributed by atoms with Crippen molar-refractivity contribution in [2.75, 3.05) is 13.7 Å². The van der Waals surface area contributed by atoms with Crippen LogP contribution in [-0.4, -0.2) is 42.7 Å². The van der Waals surface area contributed by atoms with E-state index in [2.05, 4.69) is 10.3 Å². The second-order valence-electron chi connectivity index (χ2n) is 6.23. The molecule has 1 aromatic carbocycles. The molecule has 1 saturated heterocycles. The van der Waals surface area contributed by atoms with Crippen LogP contribution in [0.2, 0.25) is 0 Å². The highest BCUT2D eigenvalue weighted by molar-refractivity contribution is 6.01. The third-order valence-electron chi connectivity index (χ3n) is 4.79. The number of nitrogens with two attached hydrogens (primary N) is 1. The monoisotopic (exact) mass is 345 g/mol. The number of nitrogens with one attached hydrogen (secondary N) is 1. The lowest BCUT2D eigenvalue weighted by molar-refractivity contribution is -0.121. The SMILES string of the molecule is COc1cc2c(OC[C@H]3NC(=O)[C@@H]4C(F)[C@@H]43)nccc2cc1C(N)=O. The first kappa shape index (κ1) is 15.6. The maximum Gasteiger partial charge on any atom is 0.252 e. The first-order valence-corrected chi connectivity index (χ1v) is 7.85. The number of carbonyl (C=O) groups excluding carboxylic acids is 2. The van der Waals surface area contributed by atoms with Crippen LogP contribution >= 0.6 is 0 Å². The van der Waals surface area contributed by atoms with Crippen molar-refractivity contribution < 1.29 is 23.5 Å². The van der Waals surface area contributed by atoms with E-state index in [1.165, 1.54) is 7.11 Å². The Balaban J connectivity index is 1.61. The van der Waals surface area contributed by atoms with E-state index < -0.39 is 18.0 Å². The number of pyridine rings is 1. The van der Waals surface area contributed by atoms with Crippen LogP contribution in [0.25, 0.3) is 10.8 Å². The number of ether oxygens (including phenoxy) is 2. The standard InChI is InChI=1S/C17H16FN3O4/c1-24-11-5-8-7(4-9(11)15(19)22)2-3-20-17(8)25-6-10-12-13(14(12)18)16(23)21-10/h2-5,10,12-14H,6H2,1H3,(H2,19,22)(H,21,23)/t10-,12-,13+,14?/m1/s1. The second kappa shape index (κ2) is 5.58. The Morgan fingerprint density at radius 1 is 1.44 bits per heavy atom. The topological polar surface area (TPSA) is 104 Å². The van der Waals surface area contributed by atoms with Gasteiger partial charge in [-0.2, -0.15) is 0 Å². The van der Waals surface area contributed by atoms with Crippen molar-refractivity contribution >= 4 is 22.6 Å². The number of benzene rings is 1. The smallest absolute Gasteiger partial charge is 0.252 e. The van der Waals surface area contributed by atoms with Crippen LogP contribution in [0.4, 0.5) is 4.39 Å². The Bertz CT molecular complexity index is 888. The van der Waals surface area contributed by atoms with E-state index in [1.807, 2.05) is 0 Å². The molecule has 4 atom stereocenters. The summed E-state index contributed by atoms with van der Waals surface area (Å²) >= 11 is 0. The number of hydrogen-bond donors (Lipinski definition) is 2. The van der Waals surface area contributed by atoms with Crippen molar-refractivity contribution in [3.63, 3.8) is 0 Å². The zero-order chi connectivity index (χ0) is 17.7. The van der Waals surface area contributed by atoms with Gasteiger partial charge in [0.15, 0.2) is 0 Å². The molecule has 2 aromatic rings. The summed E-state index contributed by atoms with van der Waals surface area (Å²) < 4.78 is 24.5. The molecule has 8 heteroatoms. The van der Waals surface area contributed by atoms with Crippen LogP contribution in [-0.2, 0) is 4.79 Å². The van der Waals surface area contributed by atoms with E-state index in [-0.39, 0.29) is 30.0 Å². The van der Waals surface area contributed by atoms with Gasteiger partial charge in [0.25, 0.3) is 5.91 Å². The van der Waals surface area contributed by atoms with Gasteiger partial charge in [0, 0.05) is 17.5 Å². The molecule has 4 rings (SSSR count). The van der Waals surface area contributed by atoms with Crippen LogP contribution in [0.1, 0.15) is 10.4 Å². The molecule has 25 heavy (non-hydrogen) atoms. The van der Waals surface area contributed by atoms with Gasteiger partial charge in [-0.15, -0.1) is 0 Å². The summed E-state index contributed by atoms with van der Waals surface area (Å²) in [4.78, 5) is 27.3. The van der Waals surface area contributed by atoms with E-state index in [0.29, 0.717) is 22.4 Å². The van der Waals surface area contributed by atoms with Crippen molar-refractivity contribution in [2.24, 2.45) is 17.6 Å². The Labute approximate surface area is 142 Å². The number of rotatable bonds is 5. The highest BCUT2D eigenvalue weighted by atomic mass is 19.1. The molecule has 7 nitrogen and oxygen atoms in total. The third-order valence-corrected chi connectivity index (χ3v) is 4.79. The van der Waals surface area contributed by atoms with Crippen molar-refractivity contribution in [3.8, 4) is 11.6 Å². The van der Waals surface area contributed by atoms with Crippen LogP contribution in [0, 0.1) is 11.8 Å². The zero-order valence-electron chi connectivity index (χ0n) is 13.4. The van der Waals surface area contributed by atoms with E-state index in [0.717, 1.165) is 0 Å². The largest absolute Gasteiger partial charge is 0.496 e.